The Labute approximate surface area is 182 Å². The molecule has 0 bridgehead atoms. The summed E-state index contributed by atoms with van der Waals surface area (Å²) in [6, 6.07) is 24.8. The molecule has 0 unspecified atom stereocenters. The largest absolute Gasteiger partial charge is 0.347 e. The van der Waals surface area contributed by atoms with E-state index in [1.165, 1.54) is 4.90 Å². The normalized spacial score (nSPS) is 11.0. The Morgan fingerprint density at radius 1 is 0.800 bits per heavy atom. The van der Waals surface area contributed by atoms with Gasteiger partial charge in [0.2, 0.25) is 0 Å². The third-order valence-electron chi connectivity index (χ3n) is 4.27. The van der Waals surface area contributed by atoms with Crippen molar-refractivity contribution < 1.29 is 9.59 Å². The van der Waals surface area contributed by atoms with Crippen molar-refractivity contribution in [2.75, 3.05) is 5.32 Å². The molecule has 154 valence electrons. The summed E-state index contributed by atoms with van der Waals surface area (Å²) in [5, 5.41) is 5.80. The quantitative estimate of drug-likeness (QED) is 0.501. The number of carbonyl (C=O) groups excluding carboxylic acids is 2. The van der Waals surface area contributed by atoms with Gasteiger partial charge in [-0.3, -0.25) is 9.59 Å². The first-order chi connectivity index (χ1) is 14.3. The second kappa shape index (κ2) is 9.63. The molecule has 3 aromatic rings. The SMILES string of the molecule is CC(C)(C)NC(=O)c1ccccc1NC(=O)c1ccc(CSc2ccccc2)cc1. The predicted octanol–water partition coefficient (Wildman–Crippen LogP) is 5.76. The maximum atomic E-state index is 12.7. The van der Waals surface area contributed by atoms with Crippen LogP contribution in [0, 0.1) is 0 Å². The molecule has 0 aliphatic rings. The molecule has 0 saturated carbocycles. The minimum Gasteiger partial charge on any atom is -0.347 e. The van der Waals surface area contributed by atoms with Crippen LogP contribution in [0.2, 0.25) is 0 Å². The lowest BCUT2D eigenvalue weighted by molar-refractivity contribution is 0.0920. The summed E-state index contributed by atoms with van der Waals surface area (Å²) < 4.78 is 0. The highest BCUT2D eigenvalue weighted by Gasteiger charge is 2.19. The van der Waals surface area contributed by atoms with Crippen LogP contribution in [0.5, 0.6) is 0 Å². The molecule has 0 spiro atoms. The van der Waals surface area contributed by atoms with Gasteiger partial charge < -0.3 is 10.6 Å². The lowest BCUT2D eigenvalue weighted by Crippen LogP contribution is -2.40. The Hall–Kier alpha value is -3.05. The molecule has 5 heteroatoms. The molecule has 0 fully saturated rings. The van der Waals surface area contributed by atoms with Gasteiger partial charge in [0, 0.05) is 21.8 Å². The summed E-state index contributed by atoms with van der Waals surface area (Å²) in [7, 11) is 0. The number of nitrogens with one attached hydrogen (secondary N) is 2. The van der Waals surface area contributed by atoms with Gasteiger partial charge in [-0.1, -0.05) is 42.5 Å². The Morgan fingerprint density at radius 2 is 1.43 bits per heavy atom. The smallest absolute Gasteiger partial charge is 0.255 e. The lowest BCUT2D eigenvalue weighted by atomic mass is 10.1. The molecule has 0 aliphatic heterocycles. The van der Waals surface area contributed by atoms with Crippen molar-refractivity contribution >= 4 is 29.3 Å². The predicted molar refractivity (Wildman–Crippen MR) is 124 cm³/mol. The van der Waals surface area contributed by atoms with Crippen LogP contribution in [0.25, 0.3) is 0 Å². The van der Waals surface area contributed by atoms with Crippen molar-refractivity contribution in [3.05, 3.63) is 95.6 Å². The fourth-order valence-electron chi connectivity index (χ4n) is 2.83. The summed E-state index contributed by atoms with van der Waals surface area (Å²) in [6.45, 7) is 5.76. The van der Waals surface area contributed by atoms with E-state index in [1.54, 1.807) is 36.0 Å². The van der Waals surface area contributed by atoms with Crippen LogP contribution in [-0.4, -0.2) is 17.4 Å². The molecular formula is C25H26N2O2S. The molecule has 2 N–H and O–H groups in total. The van der Waals surface area contributed by atoms with Crippen molar-refractivity contribution in [3.8, 4) is 0 Å². The summed E-state index contributed by atoms with van der Waals surface area (Å²) in [6.07, 6.45) is 0. The van der Waals surface area contributed by atoms with E-state index >= 15 is 0 Å². The van der Waals surface area contributed by atoms with Gasteiger partial charge in [0.25, 0.3) is 11.8 Å². The second-order valence-electron chi connectivity index (χ2n) is 8.00. The van der Waals surface area contributed by atoms with Crippen LogP contribution in [0.3, 0.4) is 0 Å². The van der Waals surface area contributed by atoms with Gasteiger partial charge >= 0.3 is 0 Å². The lowest BCUT2D eigenvalue weighted by Gasteiger charge is -2.21. The number of hydrogen-bond donors (Lipinski definition) is 2. The third kappa shape index (κ3) is 6.22. The van der Waals surface area contributed by atoms with Gasteiger partial charge in [-0.05, 0) is 62.7 Å². The number of hydrogen-bond acceptors (Lipinski definition) is 3. The molecule has 0 radical (unpaired) electrons. The van der Waals surface area contributed by atoms with Crippen LogP contribution >= 0.6 is 11.8 Å². The first-order valence-corrected chi connectivity index (χ1v) is 10.8. The average molecular weight is 419 g/mol. The molecule has 3 rings (SSSR count). The second-order valence-corrected chi connectivity index (χ2v) is 9.05. The molecule has 0 heterocycles. The average Bonchev–Trinajstić information content (AvgIpc) is 2.72. The molecule has 0 saturated heterocycles. The standard InChI is InChI=1S/C25H26N2O2S/c1-25(2,3)27-24(29)21-11-7-8-12-22(21)26-23(28)19-15-13-18(14-16-19)17-30-20-9-5-4-6-10-20/h4-16H,17H2,1-3H3,(H,26,28)(H,27,29). The van der Waals surface area contributed by atoms with Gasteiger partial charge in [-0.15, -0.1) is 11.8 Å². The summed E-state index contributed by atoms with van der Waals surface area (Å²) in [5.41, 5.74) is 2.27. The number of benzene rings is 3. The van der Waals surface area contributed by atoms with E-state index in [4.69, 9.17) is 0 Å². The molecule has 30 heavy (non-hydrogen) atoms. The van der Waals surface area contributed by atoms with E-state index in [0.717, 1.165) is 11.3 Å². The first kappa shape index (κ1) is 21.7. The van der Waals surface area contributed by atoms with Crippen molar-refractivity contribution in [2.45, 2.75) is 37.0 Å². The molecule has 2 amide bonds. The van der Waals surface area contributed by atoms with E-state index in [2.05, 4.69) is 22.8 Å². The number of amides is 2. The number of para-hydroxylation sites is 1. The number of thioether (sulfide) groups is 1. The Bertz CT molecular complexity index is 1010. The molecule has 3 aromatic carbocycles. The fraction of sp³-hybridized carbons (Fsp3) is 0.200. The topological polar surface area (TPSA) is 58.2 Å². The maximum Gasteiger partial charge on any atom is 0.255 e. The van der Waals surface area contributed by atoms with Crippen LogP contribution in [0.15, 0.2) is 83.8 Å². The summed E-state index contributed by atoms with van der Waals surface area (Å²) in [5.74, 6) is 0.377. The maximum absolute atomic E-state index is 12.7. The summed E-state index contributed by atoms with van der Waals surface area (Å²) >= 11 is 1.75. The Kier molecular flexibility index (Phi) is 6.95. The number of rotatable bonds is 6. The zero-order valence-corrected chi connectivity index (χ0v) is 18.3. The molecular weight excluding hydrogens is 392 g/mol. The van der Waals surface area contributed by atoms with Crippen molar-refractivity contribution in [3.63, 3.8) is 0 Å². The molecule has 4 nitrogen and oxygen atoms in total. The highest BCUT2D eigenvalue weighted by molar-refractivity contribution is 7.98. The zero-order chi connectivity index (χ0) is 21.6. The van der Waals surface area contributed by atoms with E-state index in [1.807, 2.05) is 63.2 Å². The van der Waals surface area contributed by atoms with Gasteiger partial charge in [0.05, 0.1) is 11.3 Å². The molecule has 0 aromatic heterocycles. The highest BCUT2D eigenvalue weighted by atomic mass is 32.2. The minimum atomic E-state index is -0.359. The minimum absolute atomic E-state index is 0.216. The number of anilines is 1. The molecule has 0 aliphatic carbocycles. The summed E-state index contributed by atoms with van der Waals surface area (Å²) in [4.78, 5) is 26.5. The van der Waals surface area contributed by atoms with Crippen LogP contribution < -0.4 is 10.6 Å². The Balaban J connectivity index is 1.66. The monoisotopic (exact) mass is 418 g/mol. The van der Waals surface area contributed by atoms with Crippen molar-refractivity contribution in [2.24, 2.45) is 0 Å². The number of carbonyl (C=O) groups is 2. The first-order valence-electron chi connectivity index (χ1n) is 9.81. The van der Waals surface area contributed by atoms with Gasteiger partial charge in [-0.25, -0.2) is 0 Å². The molecule has 0 atom stereocenters. The van der Waals surface area contributed by atoms with E-state index in [9.17, 15) is 9.59 Å². The van der Waals surface area contributed by atoms with Crippen LogP contribution in [-0.2, 0) is 5.75 Å². The third-order valence-corrected chi connectivity index (χ3v) is 5.36. The zero-order valence-electron chi connectivity index (χ0n) is 17.4. The Morgan fingerprint density at radius 3 is 2.10 bits per heavy atom. The van der Waals surface area contributed by atoms with Gasteiger partial charge in [0.15, 0.2) is 0 Å². The fourth-order valence-corrected chi connectivity index (χ4v) is 3.70. The van der Waals surface area contributed by atoms with Crippen molar-refractivity contribution in [1.82, 2.24) is 5.32 Å². The van der Waals surface area contributed by atoms with E-state index in [0.29, 0.717) is 16.8 Å². The van der Waals surface area contributed by atoms with Crippen LogP contribution in [0.4, 0.5) is 5.69 Å². The highest BCUT2D eigenvalue weighted by Crippen LogP contribution is 2.23. The van der Waals surface area contributed by atoms with E-state index < -0.39 is 0 Å². The van der Waals surface area contributed by atoms with Crippen LogP contribution in [0.1, 0.15) is 47.1 Å². The van der Waals surface area contributed by atoms with Gasteiger partial charge in [0.1, 0.15) is 0 Å². The van der Waals surface area contributed by atoms with Gasteiger partial charge in [-0.2, -0.15) is 0 Å². The van der Waals surface area contributed by atoms with Crippen molar-refractivity contribution in [1.29, 1.82) is 0 Å². The van der Waals surface area contributed by atoms with E-state index in [-0.39, 0.29) is 17.4 Å².